The summed E-state index contributed by atoms with van der Waals surface area (Å²) < 4.78 is 44.2. The van der Waals surface area contributed by atoms with Gasteiger partial charge < -0.3 is 13.9 Å². The molecule has 4 heterocycles. The fraction of sp³-hybridized carbons (Fsp3) is 0.789. The Labute approximate surface area is 161 Å². The number of hydrogen-bond donors (Lipinski definition) is 0. The smallest absolute Gasteiger partial charge is 0.276 e. The molecule has 0 spiro atoms. The summed E-state index contributed by atoms with van der Waals surface area (Å²) >= 11 is 0. The molecule has 3 saturated heterocycles. The van der Waals surface area contributed by atoms with Crippen LogP contribution in [-0.2, 0) is 26.0 Å². The van der Waals surface area contributed by atoms with E-state index in [2.05, 4.69) is 4.90 Å². The monoisotopic (exact) mass is 398 g/mol. The highest BCUT2D eigenvalue weighted by atomic mass is 32.2. The van der Waals surface area contributed by atoms with Crippen molar-refractivity contribution < 1.29 is 22.3 Å². The van der Waals surface area contributed by atoms with E-state index >= 15 is 0 Å². The number of ether oxygens (including phenoxy) is 2. The SMILES string of the molecule is O=S(=O)(c1ccc(CN(C[C@H]2CCCO2)C[C@H]2CCCO2)o1)N1CCCC1. The van der Waals surface area contributed by atoms with Crippen molar-refractivity contribution in [2.75, 3.05) is 39.4 Å². The van der Waals surface area contributed by atoms with Crippen LogP contribution in [0.1, 0.15) is 44.3 Å². The average Bonchev–Trinajstić information content (AvgIpc) is 3.43. The quantitative estimate of drug-likeness (QED) is 0.669. The van der Waals surface area contributed by atoms with Crippen LogP contribution in [0.25, 0.3) is 0 Å². The Morgan fingerprint density at radius 2 is 1.59 bits per heavy atom. The second kappa shape index (κ2) is 8.61. The first-order chi connectivity index (χ1) is 13.1. The third-order valence-electron chi connectivity index (χ3n) is 5.65. The highest BCUT2D eigenvalue weighted by molar-refractivity contribution is 7.89. The van der Waals surface area contributed by atoms with E-state index in [1.165, 1.54) is 4.31 Å². The molecule has 0 radical (unpaired) electrons. The molecule has 0 aromatic carbocycles. The Morgan fingerprint density at radius 1 is 0.963 bits per heavy atom. The normalized spacial score (nSPS) is 27.1. The Kier molecular flexibility index (Phi) is 6.18. The van der Waals surface area contributed by atoms with Gasteiger partial charge in [-0.25, -0.2) is 8.42 Å². The van der Waals surface area contributed by atoms with Gasteiger partial charge in [-0.15, -0.1) is 0 Å². The minimum atomic E-state index is -3.50. The fourth-order valence-electron chi connectivity index (χ4n) is 4.21. The van der Waals surface area contributed by atoms with Gasteiger partial charge in [-0.3, -0.25) is 4.90 Å². The first-order valence-electron chi connectivity index (χ1n) is 10.2. The zero-order valence-electron chi connectivity index (χ0n) is 15.8. The van der Waals surface area contributed by atoms with Crippen molar-refractivity contribution in [3.63, 3.8) is 0 Å². The Hall–Kier alpha value is -0.930. The highest BCUT2D eigenvalue weighted by Gasteiger charge is 2.30. The van der Waals surface area contributed by atoms with E-state index in [1.54, 1.807) is 12.1 Å². The van der Waals surface area contributed by atoms with Crippen molar-refractivity contribution >= 4 is 10.0 Å². The van der Waals surface area contributed by atoms with Crippen LogP contribution in [0.3, 0.4) is 0 Å². The van der Waals surface area contributed by atoms with Gasteiger partial charge in [0.2, 0.25) is 5.09 Å². The predicted molar refractivity (Wildman–Crippen MR) is 99.9 cm³/mol. The van der Waals surface area contributed by atoms with Crippen LogP contribution in [0, 0.1) is 0 Å². The molecule has 2 atom stereocenters. The number of hydrogen-bond acceptors (Lipinski definition) is 6. The molecule has 3 aliphatic rings. The number of rotatable bonds is 8. The van der Waals surface area contributed by atoms with Gasteiger partial charge in [-0.2, -0.15) is 4.31 Å². The van der Waals surface area contributed by atoms with Gasteiger partial charge in [-0.1, -0.05) is 0 Å². The van der Waals surface area contributed by atoms with Crippen LogP contribution in [0.5, 0.6) is 0 Å². The molecule has 7 nitrogen and oxygen atoms in total. The maximum Gasteiger partial charge on any atom is 0.276 e. The molecule has 3 fully saturated rings. The fourth-order valence-corrected chi connectivity index (χ4v) is 5.66. The lowest BCUT2D eigenvalue weighted by Crippen LogP contribution is -2.37. The second-order valence-corrected chi connectivity index (χ2v) is 9.66. The summed E-state index contributed by atoms with van der Waals surface area (Å²) in [6, 6.07) is 3.39. The van der Waals surface area contributed by atoms with Crippen LogP contribution >= 0.6 is 0 Å². The molecule has 0 N–H and O–H groups in total. The second-order valence-electron chi connectivity index (χ2n) is 7.80. The van der Waals surface area contributed by atoms with Crippen LogP contribution in [0.2, 0.25) is 0 Å². The average molecular weight is 399 g/mol. The van der Waals surface area contributed by atoms with E-state index in [4.69, 9.17) is 13.9 Å². The van der Waals surface area contributed by atoms with Crippen molar-refractivity contribution in [1.29, 1.82) is 0 Å². The molecular weight excluding hydrogens is 368 g/mol. The summed E-state index contributed by atoms with van der Waals surface area (Å²) in [5.74, 6) is 0.684. The maximum atomic E-state index is 12.7. The molecule has 1 aromatic rings. The molecule has 0 bridgehead atoms. The third-order valence-corrected chi connectivity index (χ3v) is 7.42. The Balaban J connectivity index is 1.42. The topological polar surface area (TPSA) is 72.2 Å². The third kappa shape index (κ3) is 4.74. The summed E-state index contributed by atoms with van der Waals surface area (Å²) in [6.07, 6.45) is 6.70. The van der Waals surface area contributed by atoms with Crippen LogP contribution in [-0.4, -0.2) is 69.2 Å². The predicted octanol–water partition coefficient (Wildman–Crippen LogP) is 2.22. The molecule has 3 aliphatic heterocycles. The molecular formula is C19H30N2O5S. The van der Waals surface area contributed by atoms with Gasteiger partial charge >= 0.3 is 0 Å². The molecule has 1 aromatic heterocycles. The lowest BCUT2D eigenvalue weighted by molar-refractivity contribution is 0.0318. The van der Waals surface area contributed by atoms with Crippen molar-refractivity contribution in [3.8, 4) is 0 Å². The largest absolute Gasteiger partial charge is 0.447 e. The summed E-state index contributed by atoms with van der Waals surface area (Å²) in [6.45, 7) is 5.07. The number of furan rings is 1. The highest BCUT2D eigenvalue weighted by Crippen LogP contribution is 2.24. The lowest BCUT2D eigenvalue weighted by Gasteiger charge is -2.26. The van der Waals surface area contributed by atoms with E-state index in [0.717, 1.165) is 64.8 Å². The molecule has 0 aliphatic carbocycles. The number of sulfonamides is 1. The molecule has 0 unspecified atom stereocenters. The van der Waals surface area contributed by atoms with E-state index in [-0.39, 0.29) is 17.3 Å². The van der Waals surface area contributed by atoms with Crippen molar-refractivity contribution in [2.45, 2.75) is 62.4 Å². The minimum Gasteiger partial charge on any atom is -0.447 e. The van der Waals surface area contributed by atoms with E-state index in [1.807, 2.05) is 0 Å². The van der Waals surface area contributed by atoms with E-state index in [9.17, 15) is 8.42 Å². The molecule has 27 heavy (non-hydrogen) atoms. The zero-order chi connectivity index (χ0) is 18.7. The van der Waals surface area contributed by atoms with Gasteiger partial charge in [-0.05, 0) is 50.7 Å². The van der Waals surface area contributed by atoms with Gasteiger partial charge in [0.15, 0.2) is 0 Å². The molecule has 0 saturated carbocycles. The Bertz CT molecular complexity index is 683. The van der Waals surface area contributed by atoms with Gasteiger partial charge in [0.05, 0.1) is 18.8 Å². The van der Waals surface area contributed by atoms with Gasteiger partial charge in [0, 0.05) is 39.4 Å². The molecule has 4 rings (SSSR count). The zero-order valence-corrected chi connectivity index (χ0v) is 16.7. The van der Waals surface area contributed by atoms with Crippen LogP contribution < -0.4 is 0 Å². The van der Waals surface area contributed by atoms with Crippen LogP contribution in [0.4, 0.5) is 0 Å². The molecule has 8 heteroatoms. The van der Waals surface area contributed by atoms with Crippen molar-refractivity contribution in [3.05, 3.63) is 17.9 Å². The summed E-state index contributed by atoms with van der Waals surface area (Å²) in [4.78, 5) is 2.29. The first-order valence-corrected chi connectivity index (χ1v) is 11.6. The summed E-state index contributed by atoms with van der Waals surface area (Å²) in [5.41, 5.74) is 0. The summed E-state index contributed by atoms with van der Waals surface area (Å²) in [7, 11) is -3.50. The first kappa shape index (κ1) is 19.4. The van der Waals surface area contributed by atoms with Gasteiger partial charge in [0.1, 0.15) is 5.76 Å². The molecule has 0 amide bonds. The Morgan fingerprint density at radius 3 is 2.15 bits per heavy atom. The van der Waals surface area contributed by atoms with Gasteiger partial charge in [0.25, 0.3) is 10.0 Å². The number of nitrogens with zero attached hydrogens (tertiary/aromatic N) is 2. The molecule has 152 valence electrons. The minimum absolute atomic E-state index is 0.0635. The maximum absolute atomic E-state index is 12.7. The summed E-state index contributed by atoms with van der Waals surface area (Å²) in [5, 5.41) is 0.0635. The van der Waals surface area contributed by atoms with Crippen molar-refractivity contribution in [2.24, 2.45) is 0 Å². The lowest BCUT2D eigenvalue weighted by atomic mass is 10.2. The van der Waals surface area contributed by atoms with Crippen molar-refractivity contribution in [1.82, 2.24) is 9.21 Å². The van der Waals surface area contributed by atoms with Crippen LogP contribution in [0.15, 0.2) is 21.6 Å². The van der Waals surface area contributed by atoms with E-state index in [0.29, 0.717) is 25.4 Å². The standard InChI is InChI=1S/C19H30N2O5S/c22-27(23,21-9-1-2-10-21)19-8-7-18(26-19)15-20(13-16-5-3-11-24-16)14-17-6-4-12-25-17/h7-8,16-17H,1-6,9-15H2/t16-,17-/m1/s1. The van der Waals surface area contributed by atoms with E-state index < -0.39 is 10.0 Å².